The van der Waals surface area contributed by atoms with Gasteiger partial charge in [-0.25, -0.2) is 0 Å². The minimum absolute atomic E-state index is 0.0950. The SMILES string of the molecule is CCC(N)(CC)CNC(=O)CN1CCCCCC1=O. The van der Waals surface area contributed by atoms with E-state index in [1.807, 2.05) is 13.8 Å². The highest BCUT2D eigenvalue weighted by Crippen LogP contribution is 2.11. The summed E-state index contributed by atoms with van der Waals surface area (Å²) in [7, 11) is 0. The summed E-state index contributed by atoms with van der Waals surface area (Å²) in [5, 5.41) is 2.86. The third-order valence-corrected chi connectivity index (χ3v) is 4.05. The summed E-state index contributed by atoms with van der Waals surface area (Å²) in [4.78, 5) is 25.3. The number of carbonyl (C=O) groups is 2. The molecule has 0 spiro atoms. The largest absolute Gasteiger partial charge is 0.353 e. The van der Waals surface area contributed by atoms with Crippen LogP contribution < -0.4 is 11.1 Å². The van der Waals surface area contributed by atoms with Crippen molar-refractivity contribution in [3.63, 3.8) is 0 Å². The number of nitrogens with two attached hydrogens (primary N) is 1. The predicted molar refractivity (Wildman–Crippen MR) is 75.6 cm³/mol. The monoisotopic (exact) mass is 269 g/mol. The summed E-state index contributed by atoms with van der Waals surface area (Å²) in [6.07, 6.45) is 5.22. The average molecular weight is 269 g/mol. The van der Waals surface area contributed by atoms with E-state index in [4.69, 9.17) is 5.73 Å². The molecule has 2 amide bonds. The molecule has 19 heavy (non-hydrogen) atoms. The van der Waals surface area contributed by atoms with Crippen LogP contribution in [0.15, 0.2) is 0 Å². The third kappa shape index (κ3) is 5.19. The lowest BCUT2D eigenvalue weighted by Crippen LogP contribution is -2.51. The van der Waals surface area contributed by atoms with Crippen molar-refractivity contribution < 1.29 is 9.59 Å². The molecule has 0 aromatic heterocycles. The van der Waals surface area contributed by atoms with Gasteiger partial charge in [-0.1, -0.05) is 20.3 Å². The zero-order valence-electron chi connectivity index (χ0n) is 12.2. The summed E-state index contributed by atoms with van der Waals surface area (Å²) < 4.78 is 0. The summed E-state index contributed by atoms with van der Waals surface area (Å²) >= 11 is 0. The number of hydrogen-bond donors (Lipinski definition) is 2. The molecule has 5 heteroatoms. The van der Waals surface area contributed by atoms with E-state index in [2.05, 4.69) is 5.32 Å². The quantitative estimate of drug-likeness (QED) is 0.756. The Morgan fingerprint density at radius 1 is 1.32 bits per heavy atom. The highest BCUT2D eigenvalue weighted by atomic mass is 16.2. The topological polar surface area (TPSA) is 75.4 Å². The third-order valence-electron chi connectivity index (χ3n) is 4.05. The van der Waals surface area contributed by atoms with E-state index in [1.54, 1.807) is 4.90 Å². The van der Waals surface area contributed by atoms with Crippen molar-refractivity contribution in [3.8, 4) is 0 Å². The zero-order chi connectivity index (χ0) is 14.3. The van der Waals surface area contributed by atoms with Gasteiger partial charge in [0.1, 0.15) is 0 Å². The van der Waals surface area contributed by atoms with Crippen LogP contribution in [-0.2, 0) is 9.59 Å². The standard InChI is InChI=1S/C14H27N3O2/c1-3-14(15,4-2)11-16-12(18)10-17-9-7-5-6-8-13(17)19/h3-11,15H2,1-2H3,(H,16,18). The second kappa shape index (κ2) is 7.48. The van der Waals surface area contributed by atoms with E-state index in [0.717, 1.165) is 32.1 Å². The molecule has 1 saturated heterocycles. The molecule has 0 aliphatic carbocycles. The van der Waals surface area contributed by atoms with Crippen LogP contribution in [0.2, 0.25) is 0 Å². The van der Waals surface area contributed by atoms with Gasteiger partial charge >= 0.3 is 0 Å². The molecule has 0 atom stereocenters. The van der Waals surface area contributed by atoms with E-state index in [-0.39, 0.29) is 23.9 Å². The number of nitrogens with zero attached hydrogens (tertiary/aromatic N) is 1. The second-order valence-electron chi connectivity index (χ2n) is 5.47. The van der Waals surface area contributed by atoms with E-state index >= 15 is 0 Å². The molecule has 1 rings (SSSR count). The van der Waals surface area contributed by atoms with Crippen molar-refractivity contribution in [2.75, 3.05) is 19.6 Å². The molecule has 110 valence electrons. The van der Waals surface area contributed by atoms with Crippen LogP contribution >= 0.6 is 0 Å². The molecule has 1 aliphatic heterocycles. The van der Waals surface area contributed by atoms with Crippen molar-refractivity contribution in [2.45, 2.75) is 57.9 Å². The van der Waals surface area contributed by atoms with Crippen molar-refractivity contribution >= 4 is 11.8 Å². The maximum absolute atomic E-state index is 11.9. The molecule has 3 N–H and O–H groups in total. The second-order valence-corrected chi connectivity index (χ2v) is 5.47. The first-order chi connectivity index (χ1) is 9.00. The van der Waals surface area contributed by atoms with Crippen molar-refractivity contribution in [2.24, 2.45) is 5.73 Å². The number of nitrogens with one attached hydrogen (secondary N) is 1. The van der Waals surface area contributed by atoms with E-state index < -0.39 is 0 Å². The molecule has 0 aromatic rings. The average Bonchev–Trinajstić information content (AvgIpc) is 2.61. The van der Waals surface area contributed by atoms with Gasteiger partial charge in [-0.15, -0.1) is 0 Å². The maximum atomic E-state index is 11.9. The fourth-order valence-electron chi connectivity index (χ4n) is 2.21. The Balaban J connectivity index is 2.39. The van der Waals surface area contributed by atoms with Gasteiger partial charge in [-0.05, 0) is 25.7 Å². The maximum Gasteiger partial charge on any atom is 0.239 e. The van der Waals surface area contributed by atoms with E-state index in [0.29, 0.717) is 19.5 Å². The first-order valence-corrected chi connectivity index (χ1v) is 7.34. The Hall–Kier alpha value is -1.10. The highest BCUT2D eigenvalue weighted by Gasteiger charge is 2.23. The lowest BCUT2D eigenvalue weighted by Gasteiger charge is -2.27. The Kier molecular flexibility index (Phi) is 6.28. The predicted octanol–water partition coefficient (Wildman–Crippen LogP) is 1.02. The first kappa shape index (κ1) is 16.0. The normalized spacial score (nSPS) is 17.2. The molecule has 1 aliphatic rings. The van der Waals surface area contributed by atoms with Crippen molar-refractivity contribution in [3.05, 3.63) is 0 Å². The smallest absolute Gasteiger partial charge is 0.239 e. The molecule has 0 aromatic carbocycles. The number of rotatable bonds is 6. The van der Waals surface area contributed by atoms with Crippen LogP contribution in [0.5, 0.6) is 0 Å². The molecule has 1 fully saturated rings. The molecule has 0 unspecified atom stereocenters. The van der Waals surface area contributed by atoms with Gasteiger partial charge in [0.15, 0.2) is 0 Å². The summed E-state index contributed by atoms with van der Waals surface area (Å²) in [5.41, 5.74) is 5.80. The fourth-order valence-corrected chi connectivity index (χ4v) is 2.21. The summed E-state index contributed by atoms with van der Waals surface area (Å²) in [6, 6.07) is 0. The molecular weight excluding hydrogens is 242 g/mol. The molecule has 5 nitrogen and oxygen atoms in total. The van der Waals surface area contributed by atoms with Gasteiger partial charge in [0.25, 0.3) is 0 Å². The van der Waals surface area contributed by atoms with E-state index in [9.17, 15) is 9.59 Å². The van der Waals surface area contributed by atoms with Gasteiger partial charge < -0.3 is 16.0 Å². The minimum atomic E-state index is -0.335. The van der Waals surface area contributed by atoms with Crippen LogP contribution in [0.3, 0.4) is 0 Å². The molecule has 0 radical (unpaired) electrons. The number of carbonyl (C=O) groups excluding carboxylic acids is 2. The van der Waals surface area contributed by atoms with Crippen LogP contribution in [-0.4, -0.2) is 41.9 Å². The molecular formula is C14H27N3O2. The van der Waals surface area contributed by atoms with Gasteiger partial charge in [0.05, 0.1) is 6.54 Å². The Morgan fingerprint density at radius 3 is 2.63 bits per heavy atom. The van der Waals surface area contributed by atoms with Crippen molar-refractivity contribution in [1.82, 2.24) is 10.2 Å². The Morgan fingerprint density at radius 2 is 2.00 bits per heavy atom. The lowest BCUT2D eigenvalue weighted by atomic mass is 9.94. The van der Waals surface area contributed by atoms with Gasteiger partial charge in [-0.2, -0.15) is 0 Å². The van der Waals surface area contributed by atoms with Crippen LogP contribution in [0, 0.1) is 0 Å². The molecule has 0 bridgehead atoms. The Labute approximate surface area is 115 Å². The van der Waals surface area contributed by atoms with E-state index in [1.165, 1.54) is 0 Å². The fraction of sp³-hybridized carbons (Fsp3) is 0.857. The van der Waals surface area contributed by atoms with Gasteiger partial charge in [0, 0.05) is 25.0 Å². The van der Waals surface area contributed by atoms with Gasteiger partial charge in [-0.3, -0.25) is 9.59 Å². The molecule has 1 heterocycles. The van der Waals surface area contributed by atoms with Crippen LogP contribution in [0.1, 0.15) is 52.4 Å². The zero-order valence-corrected chi connectivity index (χ0v) is 12.2. The van der Waals surface area contributed by atoms with Crippen LogP contribution in [0.4, 0.5) is 0 Å². The first-order valence-electron chi connectivity index (χ1n) is 7.34. The van der Waals surface area contributed by atoms with Gasteiger partial charge in [0.2, 0.25) is 11.8 Å². The number of hydrogen-bond acceptors (Lipinski definition) is 3. The molecule has 0 saturated carbocycles. The Bertz CT molecular complexity index is 314. The summed E-state index contributed by atoms with van der Waals surface area (Å²) in [6.45, 7) is 5.38. The number of amides is 2. The lowest BCUT2D eigenvalue weighted by molar-refractivity contribution is -0.135. The number of likely N-dealkylation sites (tertiary alicyclic amines) is 1. The van der Waals surface area contributed by atoms with Crippen LogP contribution in [0.25, 0.3) is 0 Å². The minimum Gasteiger partial charge on any atom is -0.353 e. The van der Waals surface area contributed by atoms with Crippen molar-refractivity contribution in [1.29, 1.82) is 0 Å². The highest BCUT2D eigenvalue weighted by molar-refractivity contribution is 5.84. The summed E-state index contributed by atoms with van der Waals surface area (Å²) in [5.74, 6) is -0.00961.